The molecule has 0 spiro atoms. The fourth-order valence-electron chi connectivity index (χ4n) is 6.20. The molecule has 2 N–H and O–H groups in total. The number of hydrogen-bond acceptors (Lipinski definition) is 5. The average Bonchev–Trinajstić information content (AvgIpc) is 3.38. The van der Waals surface area contributed by atoms with E-state index in [-0.39, 0.29) is 28.8 Å². The van der Waals surface area contributed by atoms with E-state index in [1.807, 2.05) is 23.1 Å². The number of aliphatic hydroxyl groups is 2. The summed E-state index contributed by atoms with van der Waals surface area (Å²) in [5.41, 5.74) is 3.98. The van der Waals surface area contributed by atoms with Crippen molar-refractivity contribution in [1.82, 2.24) is 9.80 Å². The molecule has 0 bridgehead atoms. The van der Waals surface area contributed by atoms with Gasteiger partial charge in [0.05, 0.1) is 6.04 Å². The molecule has 2 fully saturated rings. The van der Waals surface area contributed by atoms with Crippen molar-refractivity contribution in [2.24, 2.45) is 4.99 Å². The van der Waals surface area contributed by atoms with Crippen LogP contribution in [0.3, 0.4) is 0 Å². The molecular weight excluding hydrogens is 450 g/mol. The Morgan fingerprint density at radius 3 is 2.50 bits per heavy atom. The maximum absolute atomic E-state index is 13.5. The Balaban J connectivity index is 1.44. The van der Waals surface area contributed by atoms with Gasteiger partial charge in [-0.3, -0.25) is 4.79 Å². The molecule has 36 heavy (non-hydrogen) atoms. The lowest BCUT2D eigenvalue weighted by Crippen LogP contribution is -2.57. The number of fused-ring (bicyclic) bond motifs is 1. The first-order chi connectivity index (χ1) is 17.4. The monoisotopic (exact) mass is 487 g/mol. The molecule has 190 valence electrons. The van der Waals surface area contributed by atoms with E-state index in [0.29, 0.717) is 18.8 Å². The summed E-state index contributed by atoms with van der Waals surface area (Å²) in [6.07, 6.45) is 6.34. The van der Waals surface area contributed by atoms with E-state index in [1.165, 1.54) is 16.7 Å². The van der Waals surface area contributed by atoms with Gasteiger partial charge in [0.1, 0.15) is 5.84 Å². The van der Waals surface area contributed by atoms with Crippen LogP contribution in [-0.4, -0.2) is 57.6 Å². The highest BCUT2D eigenvalue weighted by Gasteiger charge is 2.45. The lowest BCUT2D eigenvalue weighted by molar-refractivity contribution is -0.132. The van der Waals surface area contributed by atoms with Crippen molar-refractivity contribution < 1.29 is 15.0 Å². The van der Waals surface area contributed by atoms with Crippen molar-refractivity contribution in [3.8, 4) is 0 Å². The molecular formula is C30H37N3O3. The van der Waals surface area contributed by atoms with Crippen molar-refractivity contribution in [1.29, 1.82) is 0 Å². The van der Waals surface area contributed by atoms with Crippen LogP contribution in [-0.2, 0) is 23.1 Å². The number of likely N-dealkylation sites (N-methyl/N-ethyl adjacent to an activating group) is 1. The van der Waals surface area contributed by atoms with Crippen LogP contribution >= 0.6 is 0 Å². The van der Waals surface area contributed by atoms with Gasteiger partial charge in [0, 0.05) is 25.4 Å². The molecule has 0 aromatic heterocycles. The van der Waals surface area contributed by atoms with E-state index in [1.54, 1.807) is 11.9 Å². The molecule has 2 aromatic rings. The van der Waals surface area contributed by atoms with Crippen LogP contribution < -0.4 is 0 Å². The van der Waals surface area contributed by atoms with Gasteiger partial charge in [-0.25, -0.2) is 4.99 Å². The molecule has 5 rings (SSSR count). The SMILES string of the molecule is CCc1cccc(C2(CC3=NC(O)C(O)=C4C(=O)N(C)[C@@H](CCc5ccccc5)CN34)CCCC2)c1. The van der Waals surface area contributed by atoms with Crippen LogP contribution in [0, 0.1) is 0 Å². The number of carbonyl (C=O) groups is 1. The highest BCUT2D eigenvalue weighted by Crippen LogP contribution is 2.46. The fourth-order valence-corrected chi connectivity index (χ4v) is 6.20. The van der Waals surface area contributed by atoms with E-state index < -0.39 is 6.23 Å². The molecule has 2 aliphatic heterocycles. The number of aliphatic hydroxyl groups excluding tert-OH is 2. The van der Waals surface area contributed by atoms with Gasteiger partial charge in [-0.15, -0.1) is 0 Å². The maximum atomic E-state index is 13.5. The molecule has 1 amide bonds. The molecule has 2 heterocycles. The number of nitrogens with zero attached hydrogens (tertiary/aromatic N) is 3. The third-order valence-corrected chi connectivity index (χ3v) is 8.42. The van der Waals surface area contributed by atoms with Gasteiger partial charge in [0.15, 0.2) is 11.5 Å². The second-order valence-corrected chi connectivity index (χ2v) is 10.6. The van der Waals surface area contributed by atoms with E-state index in [9.17, 15) is 15.0 Å². The second-order valence-electron chi connectivity index (χ2n) is 10.6. The molecule has 1 saturated heterocycles. The first kappa shape index (κ1) is 24.6. The maximum Gasteiger partial charge on any atom is 0.274 e. The number of aliphatic imine (C=N–C) groups is 1. The summed E-state index contributed by atoms with van der Waals surface area (Å²) in [5, 5.41) is 21.3. The Hall–Kier alpha value is -3.12. The van der Waals surface area contributed by atoms with E-state index in [2.05, 4.69) is 48.3 Å². The minimum Gasteiger partial charge on any atom is -0.506 e. The normalized spacial score (nSPS) is 23.6. The third kappa shape index (κ3) is 4.55. The van der Waals surface area contributed by atoms with Crippen LogP contribution in [0.1, 0.15) is 62.1 Å². The molecule has 6 heteroatoms. The van der Waals surface area contributed by atoms with Gasteiger partial charge in [0.2, 0.25) is 6.23 Å². The smallest absolute Gasteiger partial charge is 0.274 e. The Kier molecular flexibility index (Phi) is 6.89. The predicted molar refractivity (Wildman–Crippen MR) is 142 cm³/mol. The summed E-state index contributed by atoms with van der Waals surface area (Å²) < 4.78 is 0. The summed E-state index contributed by atoms with van der Waals surface area (Å²) in [5.74, 6) is 0.118. The van der Waals surface area contributed by atoms with Crippen molar-refractivity contribution in [3.05, 3.63) is 82.7 Å². The Morgan fingerprint density at radius 2 is 1.78 bits per heavy atom. The van der Waals surface area contributed by atoms with Gasteiger partial charge in [-0.1, -0.05) is 74.4 Å². The number of benzene rings is 2. The zero-order valence-corrected chi connectivity index (χ0v) is 21.4. The van der Waals surface area contributed by atoms with Crippen LogP contribution in [0.4, 0.5) is 0 Å². The molecule has 0 radical (unpaired) electrons. The Bertz CT molecular complexity index is 1170. The number of amidine groups is 1. The molecule has 1 saturated carbocycles. The van der Waals surface area contributed by atoms with Crippen molar-refractivity contribution in [2.75, 3.05) is 13.6 Å². The standard InChI is InChI=1S/C30H37N3O3/c1-3-21-12-9-13-23(18-21)30(16-7-8-17-30)19-25-31-28(35)27(34)26-29(36)32(2)24(20-33(25)26)15-14-22-10-5-4-6-11-22/h4-6,9-13,18,24,28,34-35H,3,7-8,14-17,19-20H2,1-2H3/t24-,28?/m0/s1. The highest BCUT2D eigenvalue weighted by molar-refractivity contribution is 6.01. The predicted octanol–water partition coefficient (Wildman–Crippen LogP) is 4.73. The van der Waals surface area contributed by atoms with E-state index in [4.69, 9.17) is 0 Å². The Morgan fingerprint density at radius 1 is 1.06 bits per heavy atom. The van der Waals surface area contributed by atoms with Gasteiger partial charge < -0.3 is 20.0 Å². The van der Waals surface area contributed by atoms with Crippen molar-refractivity contribution in [3.63, 3.8) is 0 Å². The summed E-state index contributed by atoms with van der Waals surface area (Å²) >= 11 is 0. The molecule has 1 aliphatic carbocycles. The zero-order valence-electron chi connectivity index (χ0n) is 21.4. The van der Waals surface area contributed by atoms with Crippen LogP contribution in [0.2, 0.25) is 0 Å². The number of hydrogen-bond donors (Lipinski definition) is 2. The first-order valence-electron chi connectivity index (χ1n) is 13.3. The van der Waals surface area contributed by atoms with Gasteiger partial charge in [-0.05, 0) is 48.8 Å². The largest absolute Gasteiger partial charge is 0.506 e. The zero-order chi connectivity index (χ0) is 25.3. The first-order valence-corrected chi connectivity index (χ1v) is 13.3. The van der Waals surface area contributed by atoms with Crippen LogP contribution in [0.5, 0.6) is 0 Å². The summed E-state index contributed by atoms with van der Waals surface area (Å²) in [6.45, 7) is 2.73. The van der Waals surface area contributed by atoms with Gasteiger partial charge >= 0.3 is 0 Å². The summed E-state index contributed by atoms with van der Waals surface area (Å²) in [6, 6.07) is 19.1. The number of carbonyl (C=O) groups excluding carboxylic acids is 1. The Labute approximate surface area is 214 Å². The second kappa shape index (κ2) is 10.1. The molecule has 2 atom stereocenters. The molecule has 2 aromatic carbocycles. The van der Waals surface area contributed by atoms with E-state index in [0.717, 1.165) is 44.9 Å². The topological polar surface area (TPSA) is 76.4 Å². The number of aryl methyl sites for hydroxylation is 2. The van der Waals surface area contributed by atoms with Crippen LogP contribution in [0.25, 0.3) is 0 Å². The number of amides is 1. The fraction of sp³-hybridized carbons (Fsp3) is 0.467. The average molecular weight is 488 g/mol. The minimum atomic E-state index is -1.40. The van der Waals surface area contributed by atoms with Gasteiger partial charge in [-0.2, -0.15) is 0 Å². The lowest BCUT2D eigenvalue weighted by Gasteiger charge is -2.45. The molecule has 1 unspecified atom stereocenters. The van der Waals surface area contributed by atoms with Crippen LogP contribution in [0.15, 0.2) is 71.0 Å². The summed E-state index contributed by atoms with van der Waals surface area (Å²) in [4.78, 5) is 21.6. The van der Waals surface area contributed by atoms with Gasteiger partial charge in [0.25, 0.3) is 5.91 Å². The minimum absolute atomic E-state index is 0.0161. The number of piperazine rings is 1. The third-order valence-electron chi connectivity index (χ3n) is 8.42. The van der Waals surface area contributed by atoms with E-state index >= 15 is 0 Å². The highest BCUT2D eigenvalue weighted by atomic mass is 16.3. The molecule has 3 aliphatic rings. The van der Waals surface area contributed by atoms with Crippen molar-refractivity contribution in [2.45, 2.75) is 76.0 Å². The quantitative estimate of drug-likeness (QED) is 0.592. The van der Waals surface area contributed by atoms with Crippen molar-refractivity contribution >= 4 is 11.7 Å². The lowest BCUT2D eigenvalue weighted by atomic mass is 9.74. The number of rotatable bonds is 7. The molecule has 6 nitrogen and oxygen atoms in total. The summed E-state index contributed by atoms with van der Waals surface area (Å²) in [7, 11) is 1.79.